The van der Waals surface area contributed by atoms with Crippen molar-refractivity contribution >= 4 is 5.82 Å². The first kappa shape index (κ1) is 9.56. The van der Waals surface area contributed by atoms with Crippen LogP contribution in [0, 0.1) is 0 Å². The van der Waals surface area contributed by atoms with Gasteiger partial charge in [0.15, 0.2) is 0 Å². The Balaban J connectivity index is 1.96. The van der Waals surface area contributed by atoms with Crippen LogP contribution in [0.15, 0.2) is 6.33 Å². The minimum atomic E-state index is 0.655. The average Bonchev–Trinajstić information content (AvgIpc) is 2.95. The first-order chi connectivity index (χ1) is 6.83. The zero-order chi connectivity index (χ0) is 9.97. The fraction of sp³-hybridized carbons (Fsp3) is 0.727. The van der Waals surface area contributed by atoms with Crippen LogP contribution in [0.2, 0.25) is 0 Å². The molecule has 1 aromatic heterocycles. The maximum atomic E-state index is 6.03. The Labute approximate surface area is 85.3 Å². The summed E-state index contributed by atoms with van der Waals surface area (Å²) in [6, 6.07) is 0.655. The molecule has 0 aliphatic heterocycles. The van der Waals surface area contributed by atoms with Crippen LogP contribution < -0.4 is 5.73 Å². The summed E-state index contributed by atoms with van der Waals surface area (Å²) in [5, 5.41) is 0. The second kappa shape index (κ2) is 4.03. The van der Waals surface area contributed by atoms with E-state index in [1.807, 2.05) is 6.33 Å². The molecule has 14 heavy (non-hydrogen) atoms. The smallest absolute Gasteiger partial charge is 0.126 e. The number of aryl methyl sites for hydroxylation is 1. The third kappa shape index (κ3) is 1.91. The van der Waals surface area contributed by atoms with E-state index in [-0.39, 0.29) is 0 Å². The molecule has 0 amide bonds. The highest BCUT2D eigenvalue weighted by Crippen LogP contribution is 2.37. The van der Waals surface area contributed by atoms with Crippen molar-refractivity contribution in [1.82, 2.24) is 9.55 Å². The van der Waals surface area contributed by atoms with Gasteiger partial charge in [-0.1, -0.05) is 19.8 Å². The SMILES string of the molecule is CCCCCc1ncn(C2CC2)c1N. The van der Waals surface area contributed by atoms with Gasteiger partial charge >= 0.3 is 0 Å². The third-order valence-corrected chi connectivity index (χ3v) is 2.87. The number of imidazole rings is 1. The molecule has 1 aliphatic rings. The van der Waals surface area contributed by atoms with Crippen LogP contribution in [-0.2, 0) is 6.42 Å². The predicted octanol–water partition coefficient (Wildman–Crippen LogP) is 2.53. The second-order valence-corrected chi connectivity index (χ2v) is 4.17. The van der Waals surface area contributed by atoms with E-state index in [2.05, 4.69) is 16.5 Å². The standard InChI is InChI=1S/C11H19N3/c1-2-3-4-5-10-11(12)14(8-13-10)9-6-7-9/h8-9H,2-7,12H2,1H3. The van der Waals surface area contributed by atoms with E-state index < -0.39 is 0 Å². The van der Waals surface area contributed by atoms with Crippen LogP contribution in [0.25, 0.3) is 0 Å². The number of nitrogen functional groups attached to an aromatic ring is 1. The van der Waals surface area contributed by atoms with Gasteiger partial charge in [-0.3, -0.25) is 0 Å². The lowest BCUT2D eigenvalue weighted by atomic mass is 10.1. The van der Waals surface area contributed by atoms with Crippen molar-refractivity contribution in [2.75, 3.05) is 5.73 Å². The van der Waals surface area contributed by atoms with Crippen molar-refractivity contribution in [3.63, 3.8) is 0 Å². The largest absolute Gasteiger partial charge is 0.384 e. The molecule has 1 aromatic rings. The summed E-state index contributed by atoms with van der Waals surface area (Å²) < 4.78 is 2.14. The monoisotopic (exact) mass is 193 g/mol. The van der Waals surface area contributed by atoms with Gasteiger partial charge in [0.2, 0.25) is 0 Å². The molecule has 1 aliphatic carbocycles. The summed E-state index contributed by atoms with van der Waals surface area (Å²) in [5.74, 6) is 0.906. The molecule has 3 heteroatoms. The van der Waals surface area contributed by atoms with Crippen molar-refractivity contribution in [1.29, 1.82) is 0 Å². The van der Waals surface area contributed by atoms with Crippen LogP contribution in [0.5, 0.6) is 0 Å². The van der Waals surface area contributed by atoms with Gasteiger partial charge in [-0.2, -0.15) is 0 Å². The van der Waals surface area contributed by atoms with Crippen molar-refractivity contribution in [3.05, 3.63) is 12.0 Å². The molecular formula is C11H19N3. The normalized spacial score (nSPS) is 16.1. The molecular weight excluding hydrogens is 174 g/mol. The van der Waals surface area contributed by atoms with E-state index in [4.69, 9.17) is 5.73 Å². The van der Waals surface area contributed by atoms with E-state index in [1.165, 1.54) is 32.1 Å². The molecule has 0 bridgehead atoms. The predicted molar refractivity (Wildman–Crippen MR) is 58.1 cm³/mol. The van der Waals surface area contributed by atoms with Gasteiger partial charge in [-0.25, -0.2) is 4.98 Å². The van der Waals surface area contributed by atoms with Crippen LogP contribution in [-0.4, -0.2) is 9.55 Å². The molecule has 2 rings (SSSR count). The molecule has 1 saturated carbocycles. The van der Waals surface area contributed by atoms with E-state index in [0.717, 1.165) is 17.9 Å². The Bertz CT molecular complexity index is 299. The Morgan fingerprint density at radius 3 is 2.93 bits per heavy atom. The molecule has 1 heterocycles. The topological polar surface area (TPSA) is 43.8 Å². The Morgan fingerprint density at radius 2 is 2.29 bits per heavy atom. The van der Waals surface area contributed by atoms with Gasteiger partial charge in [0, 0.05) is 6.04 Å². The Kier molecular flexibility index (Phi) is 2.75. The molecule has 0 aromatic carbocycles. The fourth-order valence-corrected chi connectivity index (χ4v) is 1.79. The molecule has 0 radical (unpaired) electrons. The summed E-state index contributed by atoms with van der Waals surface area (Å²) in [6.07, 6.45) is 9.24. The minimum absolute atomic E-state index is 0.655. The maximum Gasteiger partial charge on any atom is 0.126 e. The highest BCUT2D eigenvalue weighted by atomic mass is 15.2. The molecule has 0 unspecified atom stereocenters. The molecule has 0 atom stereocenters. The first-order valence-electron chi connectivity index (χ1n) is 5.64. The van der Waals surface area contributed by atoms with Crippen molar-refractivity contribution in [3.8, 4) is 0 Å². The summed E-state index contributed by atoms with van der Waals surface area (Å²) in [7, 11) is 0. The van der Waals surface area contributed by atoms with Crippen LogP contribution >= 0.6 is 0 Å². The number of unbranched alkanes of at least 4 members (excludes halogenated alkanes) is 2. The lowest BCUT2D eigenvalue weighted by molar-refractivity contribution is 0.709. The highest BCUT2D eigenvalue weighted by Gasteiger charge is 2.25. The molecule has 3 nitrogen and oxygen atoms in total. The second-order valence-electron chi connectivity index (χ2n) is 4.17. The van der Waals surface area contributed by atoms with Gasteiger partial charge in [0.25, 0.3) is 0 Å². The summed E-state index contributed by atoms with van der Waals surface area (Å²) >= 11 is 0. The molecule has 0 saturated heterocycles. The zero-order valence-corrected chi connectivity index (χ0v) is 8.87. The molecule has 1 fully saturated rings. The zero-order valence-electron chi connectivity index (χ0n) is 8.87. The van der Waals surface area contributed by atoms with E-state index in [9.17, 15) is 0 Å². The van der Waals surface area contributed by atoms with E-state index in [0.29, 0.717) is 6.04 Å². The average molecular weight is 193 g/mol. The molecule has 2 N–H and O–H groups in total. The fourth-order valence-electron chi connectivity index (χ4n) is 1.79. The van der Waals surface area contributed by atoms with Crippen LogP contribution in [0.4, 0.5) is 5.82 Å². The molecule has 78 valence electrons. The quantitative estimate of drug-likeness (QED) is 0.730. The third-order valence-electron chi connectivity index (χ3n) is 2.87. The number of nitrogens with zero attached hydrogens (tertiary/aromatic N) is 2. The Hall–Kier alpha value is -0.990. The van der Waals surface area contributed by atoms with E-state index >= 15 is 0 Å². The summed E-state index contributed by atoms with van der Waals surface area (Å²) in [6.45, 7) is 2.21. The maximum absolute atomic E-state index is 6.03. The highest BCUT2D eigenvalue weighted by molar-refractivity contribution is 5.37. The van der Waals surface area contributed by atoms with E-state index in [1.54, 1.807) is 0 Å². The molecule has 0 spiro atoms. The van der Waals surface area contributed by atoms with Gasteiger partial charge in [0.1, 0.15) is 5.82 Å². The number of hydrogen-bond acceptors (Lipinski definition) is 2. The lowest BCUT2D eigenvalue weighted by Gasteiger charge is -2.02. The van der Waals surface area contributed by atoms with Gasteiger partial charge in [0.05, 0.1) is 12.0 Å². The van der Waals surface area contributed by atoms with Crippen molar-refractivity contribution in [2.24, 2.45) is 0 Å². The number of rotatable bonds is 5. The van der Waals surface area contributed by atoms with Crippen LogP contribution in [0.1, 0.15) is 50.8 Å². The van der Waals surface area contributed by atoms with Crippen molar-refractivity contribution < 1.29 is 0 Å². The summed E-state index contributed by atoms with van der Waals surface area (Å²) in [5.41, 5.74) is 7.13. The number of aromatic nitrogens is 2. The van der Waals surface area contributed by atoms with Gasteiger partial charge in [-0.05, 0) is 25.7 Å². The lowest BCUT2D eigenvalue weighted by Crippen LogP contribution is -2.01. The number of hydrogen-bond donors (Lipinski definition) is 1. The van der Waals surface area contributed by atoms with Gasteiger partial charge < -0.3 is 10.3 Å². The first-order valence-corrected chi connectivity index (χ1v) is 5.64. The minimum Gasteiger partial charge on any atom is -0.384 e. The Morgan fingerprint density at radius 1 is 1.50 bits per heavy atom. The van der Waals surface area contributed by atoms with Gasteiger partial charge in [-0.15, -0.1) is 0 Å². The van der Waals surface area contributed by atoms with Crippen LogP contribution in [0.3, 0.4) is 0 Å². The van der Waals surface area contributed by atoms with Crippen molar-refractivity contribution in [2.45, 2.75) is 51.5 Å². The number of nitrogens with two attached hydrogens (primary N) is 1. The number of anilines is 1. The summed E-state index contributed by atoms with van der Waals surface area (Å²) in [4.78, 5) is 4.39.